The van der Waals surface area contributed by atoms with Crippen molar-refractivity contribution >= 4 is 44.6 Å². The number of hydrogen-bond donors (Lipinski definition) is 1. The average Bonchev–Trinajstić information content (AvgIpc) is 3.44. The van der Waals surface area contributed by atoms with E-state index in [1.165, 1.54) is 6.07 Å². The normalized spacial score (nSPS) is 17.6. The maximum absolute atomic E-state index is 14.6. The smallest absolute Gasteiger partial charge is 0.174 e. The van der Waals surface area contributed by atoms with Crippen LogP contribution in [0.15, 0.2) is 87.9 Å². The predicted molar refractivity (Wildman–Crippen MR) is 141 cm³/mol. The summed E-state index contributed by atoms with van der Waals surface area (Å²) in [7, 11) is 4.01. The summed E-state index contributed by atoms with van der Waals surface area (Å²) in [6.45, 7) is 0. The maximum Gasteiger partial charge on any atom is 0.174 e. The largest absolute Gasteiger partial charge is 0.459 e. The topological polar surface area (TPSA) is 44.5 Å². The van der Waals surface area contributed by atoms with Crippen LogP contribution in [0.5, 0.6) is 0 Å². The first-order valence-electron chi connectivity index (χ1n) is 10.8. The highest BCUT2D eigenvalue weighted by Gasteiger charge is 2.42. The molecule has 172 valence electrons. The number of anilines is 2. The molecule has 0 saturated carbocycles. The summed E-state index contributed by atoms with van der Waals surface area (Å²) >= 11 is 9.07. The van der Waals surface area contributed by atoms with Crippen molar-refractivity contribution in [2.24, 2.45) is 0 Å². The molecule has 0 spiro atoms. The molecule has 4 aromatic rings. The highest BCUT2D eigenvalue weighted by molar-refractivity contribution is 9.10. The summed E-state index contributed by atoms with van der Waals surface area (Å²) in [5, 5.41) is 3.99. The highest BCUT2D eigenvalue weighted by Crippen LogP contribution is 2.43. The average molecular weight is 537 g/mol. The quantitative estimate of drug-likeness (QED) is 0.294. The van der Waals surface area contributed by atoms with Gasteiger partial charge in [-0.05, 0) is 78.9 Å². The molecular weight excluding hydrogens is 515 g/mol. The lowest BCUT2D eigenvalue weighted by atomic mass is 10.0. The van der Waals surface area contributed by atoms with Crippen LogP contribution in [0.2, 0.25) is 0 Å². The maximum atomic E-state index is 14.6. The number of furan rings is 1. The van der Waals surface area contributed by atoms with E-state index in [9.17, 15) is 4.39 Å². The van der Waals surface area contributed by atoms with Gasteiger partial charge in [0.15, 0.2) is 5.11 Å². The zero-order valence-corrected chi connectivity index (χ0v) is 21.0. The first-order chi connectivity index (χ1) is 16.4. The standard InChI is InChI=1S/C26H22BrFN4OS/c1-31(2)17-7-9-18(10-8-17)32-25(24(30-26(32)34)21-5-3-4-14-29-21)23-13-12-22(33-23)19-11-6-16(27)15-20(19)28/h3-15,24-25H,1-2H3,(H,30,34)/t24-,25+/m0/s1. The van der Waals surface area contributed by atoms with Crippen LogP contribution < -0.4 is 15.1 Å². The Labute approximate surface area is 211 Å². The van der Waals surface area contributed by atoms with Crippen LogP contribution in [-0.2, 0) is 0 Å². The molecule has 0 aliphatic carbocycles. The van der Waals surface area contributed by atoms with Crippen molar-refractivity contribution < 1.29 is 8.81 Å². The fourth-order valence-electron chi connectivity index (χ4n) is 4.18. The second-order valence-corrected chi connectivity index (χ2v) is 9.54. The Hall–Kier alpha value is -3.23. The molecule has 0 bridgehead atoms. The van der Waals surface area contributed by atoms with E-state index >= 15 is 0 Å². The molecular formula is C26H22BrFN4OS. The van der Waals surface area contributed by atoms with E-state index in [2.05, 4.69) is 26.2 Å². The molecule has 1 N–H and O–H groups in total. The van der Waals surface area contributed by atoms with Gasteiger partial charge in [-0.2, -0.15) is 0 Å². The Morgan fingerprint density at radius 2 is 1.85 bits per heavy atom. The van der Waals surface area contributed by atoms with Gasteiger partial charge in [0, 0.05) is 36.1 Å². The molecule has 8 heteroatoms. The third kappa shape index (κ3) is 4.19. The number of hydrogen-bond acceptors (Lipinski definition) is 4. The van der Waals surface area contributed by atoms with Gasteiger partial charge in [0.25, 0.3) is 0 Å². The number of benzene rings is 2. The molecule has 5 rings (SSSR count). The van der Waals surface area contributed by atoms with Crippen molar-refractivity contribution in [2.45, 2.75) is 12.1 Å². The van der Waals surface area contributed by atoms with Gasteiger partial charge in [-0.25, -0.2) is 4.39 Å². The van der Waals surface area contributed by atoms with Gasteiger partial charge in [-0.1, -0.05) is 22.0 Å². The summed E-state index contributed by atoms with van der Waals surface area (Å²) in [4.78, 5) is 8.64. The Kier molecular flexibility index (Phi) is 6.10. The van der Waals surface area contributed by atoms with Crippen molar-refractivity contribution in [1.29, 1.82) is 0 Å². The predicted octanol–water partition coefficient (Wildman–Crippen LogP) is 6.49. The number of thiocarbonyl (C=S) groups is 1. The molecule has 1 aliphatic rings. The monoisotopic (exact) mass is 536 g/mol. The van der Waals surface area contributed by atoms with Gasteiger partial charge in [-0.15, -0.1) is 0 Å². The van der Waals surface area contributed by atoms with Crippen LogP contribution in [0.4, 0.5) is 15.8 Å². The van der Waals surface area contributed by atoms with Crippen molar-refractivity contribution in [3.8, 4) is 11.3 Å². The summed E-state index contributed by atoms with van der Waals surface area (Å²) in [6, 6.07) is 22.0. The molecule has 0 unspecified atom stereocenters. The summed E-state index contributed by atoms with van der Waals surface area (Å²) < 4.78 is 21.6. The van der Waals surface area contributed by atoms with Crippen molar-refractivity contribution in [3.63, 3.8) is 0 Å². The Morgan fingerprint density at radius 3 is 2.53 bits per heavy atom. The first kappa shape index (κ1) is 22.6. The molecule has 2 aromatic carbocycles. The van der Waals surface area contributed by atoms with Gasteiger partial charge < -0.3 is 19.5 Å². The molecule has 34 heavy (non-hydrogen) atoms. The molecule has 2 atom stereocenters. The van der Waals surface area contributed by atoms with E-state index < -0.39 is 0 Å². The number of rotatable bonds is 5. The molecule has 5 nitrogen and oxygen atoms in total. The van der Waals surface area contributed by atoms with Gasteiger partial charge in [0.1, 0.15) is 23.4 Å². The van der Waals surface area contributed by atoms with E-state index in [1.807, 2.05) is 72.4 Å². The number of nitrogens with one attached hydrogen (secondary N) is 1. The Morgan fingerprint density at radius 1 is 1.06 bits per heavy atom. The molecule has 1 saturated heterocycles. The molecule has 0 amide bonds. The van der Waals surface area contributed by atoms with Crippen LogP contribution in [0.3, 0.4) is 0 Å². The van der Waals surface area contributed by atoms with Crippen LogP contribution in [0, 0.1) is 5.82 Å². The SMILES string of the molecule is CN(C)c1ccc(N2C(=S)N[C@@H](c3ccccn3)[C@H]2c2ccc(-c3ccc(Br)cc3F)o2)cc1. The van der Waals surface area contributed by atoms with Crippen LogP contribution in [0.25, 0.3) is 11.3 Å². The fourth-order valence-corrected chi connectivity index (χ4v) is 4.86. The number of nitrogens with zero attached hydrogens (tertiary/aromatic N) is 3. The molecule has 0 radical (unpaired) electrons. The highest BCUT2D eigenvalue weighted by atomic mass is 79.9. The van der Waals surface area contributed by atoms with E-state index in [1.54, 1.807) is 24.4 Å². The lowest BCUT2D eigenvalue weighted by molar-refractivity contribution is 0.438. The number of pyridine rings is 1. The van der Waals surface area contributed by atoms with E-state index in [0.717, 1.165) is 17.1 Å². The molecule has 2 aromatic heterocycles. The van der Waals surface area contributed by atoms with E-state index in [4.69, 9.17) is 16.6 Å². The van der Waals surface area contributed by atoms with Gasteiger partial charge >= 0.3 is 0 Å². The third-order valence-corrected chi connectivity index (χ3v) is 6.67. The minimum absolute atomic E-state index is 0.240. The second kappa shape index (κ2) is 9.19. The Balaban J connectivity index is 1.58. The van der Waals surface area contributed by atoms with Crippen molar-refractivity contribution in [1.82, 2.24) is 10.3 Å². The minimum Gasteiger partial charge on any atom is -0.459 e. The van der Waals surface area contributed by atoms with Gasteiger partial charge in [-0.3, -0.25) is 4.98 Å². The van der Waals surface area contributed by atoms with Crippen molar-refractivity contribution in [3.05, 3.63) is 101 Å². The van der Waals surface area contributed by atoms with Crippen LogP contribution in [0.1, 0.15) is 23.5 Å². The summed E-state index contributed by atoms with van der Waals surface area (Å²) in [5.74, 6) is 0.769. The van der Waals surface area contributed by atoms with E-state index in [-0.39, 0.29) is 17.9 Å². The Bertz CT molecular complexity index is 1330. The summed E-state index contributed by atoms with van der Waals surface area (Å²) in [5.41, 5.74) is 3.26. The number of aromatic nitrogens is 1. The fraction of sp³-hybridized carbons (Fsp3) is 0.154. The van der Waals surface area contributed by atoms with E-state index in [0.29, 0.717) is 26.7 Å². The number of halogens is 2. The van der Waals surface area contributed by atoms with Gasteiger partial charge in [0.2, 0.25) is 0 Å². The zero-order chi connectivity index (χ0) is 23.8. The van der Waals surface area contributed by atoms with Crippen molar-refractivity contribution in [2.75, 3.05) is 23.9 Å². The molecule has 1 aliphatic heterocycles. The van der Waals surface area contributed by atoms with Gasteiger partial charge in [0.05, 0.1) is 17.3 Å². The molecule has 1 fully saturated rings. The molecule has 3 heterocycles. The lowest BCUT2D eigenvalue weighted by Gasteiger charge is -2.26. The van der Waals surface area contributed by atoms with Crippen LogP contribution in [-0.4, -0.2) is 24.2 Å². The zero-order valence-electron chi connectivity index (χ0n) is 18.6. The lowest BCUT2D eigenvalue weighted by Crippen LogP contribution is -2.29. The first-order valence-corrected chi connectivity index (χ1v) is 12.0. The third-order valence-electron chi connectivity index (χ3n) is 5.86. The summed E-state index contributed by atoms with van der Waals surface area (Å²) in [6.07, 6.45) is 1.76. The second-order valence-electron chi connectivity index (χ2n) is 8.23. The minimum atomic E-state index is -0.354. The van der Waals surface area contributed by atoms with Crippen LogP contribution >= 0.6 is 28.1 Å².